The van der Waals surface area contributed by atoms with Gasteiger partial charge in [-0.3, -0.25) is 4.79 Å². The molecule has 2 heterocycles. The fourth-order valence-corrected chi connectivity index (χ4v) is 3.04. The monoisotopic (exact) mass is 225 g/mol. The highest BCUT2D eigenvalue weighted by Gasteiger charge is 2.21. The Morgan fingerprint density at radius 3 is 3.07 bits per heavy atom. The Labute approximate surface area is 93.3 Å². The third kappa shape index (κ3) is 2.06. The first-order valence-corrected chi connectivity index (χ1v) is 5.92. The number of hydrogen-bond acceptors (Lipinski definition) is 3. The number of carbonyl (C=O) groups is 1. The fraction of sp³-hybridized carbons (Fsp3) is 0.545. The van der Waals surface area contributed by atoms with E-state index in [9.17, 15) is 4.79 Å². The van der Waals surface area contributed by atoms with Crippen LogP contribution in [0.3, 0.4) is 0 Å². The Bertz CT molecular complexity index is 386. The van der Waals surface area contributed by atoms with E-state index in [0.717, 1.165) is 24.4 Å². The standard InChI is InChI=1S/C11H15NO2S/c1-7(11(13)14)10-5-8-6-12(2)4-3-9(8)15-10/h5,7H,3-4,6H2,1-2H3,(H,13,14). The number of aliphatic carboxylic acids is 1. The zero-order valence-corrected chi connectivity index (χ0v) is 9.80. The van der Waals surface area contributed by atoms with Crippen LogP contribution in [0.15, 0.2) is 6.07 Å². The predicted molar refractivity (Wildman–Crippen MR) is 60.4 cm³/mol. The molecule has 0 fully saturated rings. The highest BCUT2D eigenvalue weighted by molar-refractivity contribution is 7.12. The van der Waals surface area contributed by atoms with Gasteiger partial charge in [0.05, 0.1) is 5.92 Å². The summed E-state index contributed by atoms with van der Waals surface area (Å²) < 4.78 is 0. The van der Waals surface area contributed by atoms with Crippen LogP contribution in [0.1, 0.15) is 28.2 Å². The summed E-state index contributed by atoms with van der Waals surface area (Å²) in [5.74, 6) is -1.10. The van der Waals surface area contributed by atoms with E-state index < -0.39 is 5.97 Å². The average molecular weight is 225 g/mol. The van der Waals surface area contributed by atoms with E-state index in [1.54, 1.807) is 18.3 Å². The van der Waals surface area contributed by atoms with Crippen LogP contribution in [-0.4, -0.2) is 29.6 Å². The molecule has 0 saturated carbocycles. The van der Waals surface area contributed by atoms with Crippen LogP contribution >= 0.6 is 11.3 Å². The van der Waals surface area contributed by atoms with Crippen LogP contribution < -0.4 is 0 Å². The van der Waals surface area contributed by atoms with Crippen LogP contribution in [0.4, 0.5) is 0 Å². The molecule has 0 radical (unpaired) electrons. The SMILES string of the molecule is CC(C(=O)O)c1cc2c(s1)CCN(C)C2. The molecule has 15 heavy (non-hydrogen) atoms. The largest absolute Gasteiger partial charge is 0.481 e. The number of likely N-dealkylation sites (N-methyl/N-ethyl adjacent to an activating group) is 1. The number of nitrogens with zero attached hydrogens (tertiary/aromatic N) is 1. The van der Waals surface area contributed by atoms with Gasteiger partial charge in [-0.05, 0) is 32.0 Å². The minimum absolute atomic E-state index is 0.370. The van der Waals surface area contributed by atoms with Crippen molar-refractivity contribution in [3.05, 3.63) is 21.4 Å². The summed E-state index contributed by atoms with van der Waals surface area (Å²) in [4.78, 5) is 15.5. The summed E-state index contributed by atoms with van der Waals surface area (Å²) in [6.45, 7) is 3.79. The van der Waals surface area contributed by atoms with E-state index in [-0.39, 0.29) is 5.92 Å². The minimum atomic E-state index is -0.734. The van der Waals surface area contributed by atoms with E-state index in [4.69, 9.17) is 5.11 Å². The van der Waals surface area contributed by atoms with Gasteiger partial charge in [0.25, 0.3) is 0 Å². The van der Waals surface area contributed by atoms with Crippen LogP contribution in [0.2, 0.25) is 0 Å². The lowest BCUT2D eigenvalue weighted by molar-refractivity contribution is -0.138. The van der Waals surface area contributed by atoms with E-state index in [0.29, 0.717) is 0 Å². The van der Waals surface area contributed by atoms with Crippen molar-refractivity contribution in [2.24, 2.45) is 0 Å². The van der Waals surface area contributed by atoms with E-state index >= 15 is 0 Å². The molecule has 1 aromatic heterocycles. The molecule has 0 aliphatic carbocycles. The molecule has 4 heteroatoms. The van der Waals surface area contributed by atoms with Gasteiger partial charge in [-0.2, -0.15) is 0 Å². The van der Waals surface area contributed by atoms with Crippen molar-refractivity contribution in [1.82, 2.24) is 4.90 Å². The van der Waals surface area contributed by atoms with Gasteiger partial charge in [0.2, 0.25) is 0 Å². The normalized spacial score (nSPS) is 18.5. The summed E-state index contributed by atoms with van der Waals surface area (Å²) in [5, 5.41) is 8.94. The lowest BCUT2D eigenvalue weighted by atomic mass is 10.1. The first-order chi connectivity index (χ1) is 7.08. The Morgan fingerprint density at radius 1 is 1.67 bits per heavy atom. The fourth-order valence-electron chi connectivity index (χ4n) is 1.83. The van der Waals surface area contributed by atoms with Crippen molar-refractivity contribution in [3.8, 4) is 0 Å². The Balaban J connectivity index is 2.26. The van der Waals surface area contributed by atoms with Gasteiger partial charge in [-0.1, -0.05) is 0 Å². The third-order valence-corrected chi connectivity index (χ3v) is 4.29. The summed E-state index contributed by atoms with van der Waals surface area (Å²) in [5.41, 5.74) is 1.32. The second kappa shape index (κ2) is 3.94. The van der Waals surface area contributed by atoms with Crippen LogP contribution in [0.25, 0.3) is 0 Å². The van der Waals surface area contributed by atoms with E-state index in [2.05, 4.69) is 18.0 Å². The molecule has 2 rings (SSSR count). The Hall–Kier alpha value is -0.870. The number of hydrogen-bond donors (Lipinski definition) is 1. The van der Waals surface area contributed by atoms with Gasteiger partial charge >= 0.3 is 5.97 Å². The van der Waals surface area contributed by atoms with Gasteiger partial charge < -0.3 is 10.0 Å². The Kier molecular flexibility index (Phi) is 2.80. The number of fused-ring (bicyclic) bond motifs is 1. The maximum absolute atomic E-state index is 10.9. The van der Waals surface area contributed by atoms with E-state index in [1.807, 2.05) is 0 Å². The Morgan fingerprint density at radius 2 is 2.40 bits per heavy atom. The van der Waals surface area contributed by atoms with Crippen LogP contribution in [0, 0.1) is 0 Å². The molecule has 0 bridgehead atoms. The minimum Gasteiger partial charge on any atom is -0.481 e. The summed E-state index contributed by atoms with van der Waals surface area (Å²) in [7, 11) is 2.10. The zero-order valence-electron chi connectivity index (χ0n) is 8.99. The lowest BCUT2D eigenvalue weighted by Gasteiger charge is -2.21. The molecule has 0 amide bonds. The summed E-state index contributed by atoms with van der Waals surface area (Å²) in [6.07, 6.45) is 1.06. The molecule has 1 unspecified atom stereocenters. The number of carboxylic acids is 1. The summed E-state index contributed by atoms with van der Waals surface area (Å²) in [6, 6.07) is 2.06. The van der Waals surface area contributed by atoms with Crippen molar-refractivity contribution >= 4 is 17.3 Å². The first-order valence-electron chi connectivity index (χ1n) is 5.10. The molecule has 1 aliphatic heterocycles. The highest BCUT2D eigenvalue weighted by Crippen LogP contribution is 2.32. The molecule has 82 valence electrons. The van der Waals surface area contributed by atoms with Crippen molar-refractivity contribution in [1.29, 1.82) is 0 Å². The molecular formula is C11H15NO2S. The maximum atomic E-state index is 10.9. The van der Waals surface area contributed by atoms with Gasteiger partial charge in [0.1, 0.15) is 0 Å². The van der Waals surface area contributed by atoms with Crippen molar-refractivity contribution in [2.75, 3.05) is 13.6 Å². The molecule has 3 nitrogen and oxygen atoms in total. The molecule has 0 saturated heterocycles. The van der Waals surface area contributed by atoms with Crippen molar-refractivity contribution in [3.63, 3.8) is 0 Å². The van der Waals surface area contributed by atoms with Gasteiger partial charge in [-0.15, -0.1) is 11.3 Å². The smallest absolute Gasteiger partial charge is 0.311 e. The molecule has 1 aromatic rings. The number of carboxylic acid groups (broad SMARTS) is 1. The zero-order chi connectivity index (χ0) is 11.0. The molecular weight excluding hydrogens is 210 g/mol. The first kappa shape index (κ1) is 10.6. The van der Waals surface area contributed by atoms with Gasteiger partial charge in [0.15, 0.2) is 0 Å². The highest BCUT2D eigenvalue weighted by atomic mass is 32.1. The van der Waals surface area contributed by atoms with Gasteiger partial charge in [-0.25, -0.2) is 0 Å². The second-order valence-electron chi connectivity index (χ2n) is 4.14. The summed E-state index contributed by atoms with van der Waals surface area (Å²) >= 11 is 1.67. The third-order valence-electron chi connectivity index (χ3n) is 2.87. The quantitative estimate of drug-likeness (QED) is 0.836. The topological polar surface area (TPSA) is 40.5 Å². The van der Waals surface area contributed by atoms with Crippen molar-refractivity contribution < 1.29 is 9.90 Å². The average Bonchev–Trinajstić information content (AvgIpc) is 2.58. The molecule has 1 aliphatic rings. The predicted octanol–water partition coefficient (Wildman–Crippen LogP) is 1.92. The molecule has 1 N–H and O–H groups in total. The van der Waals surface area contributed by atoms with Crippen molar-refractivity contribution in [2.45, 2.75) is 25.8 Å². The lowest BCUT2D eigenvalue weighted by Crippen LogP contribution is -2.25. The molecule has 0 spiro atoms. The van der Waals surface area contributed by atoms with Crippen LogP contribution in [0.5, 0.6) is 0 Å². The maximum Gasteiger partial charge on any atom is 0.311 e. The van der Waals surface area contributed by atoms with Gasteiger partial charge in [0, 0.05) is 22.8 Å². The number of rotatable bonds is 2. The second-order valence-corrected chi connectivity index (χ2v) is 5.31. The number of thiophene rings is 1. The molecule has 0 aromatic carbocycles. The molecule has 1 atom stereocenters. The van der Waals surface area contributed by atoms with E-state index in [1.165, 1.54) is 10.4 Å². The van der Waals surface area contributed by atoms with Crippen LogP contribution in [-0.2, 0) is 17.8 Å².